The summed E-state index contributed by atoms with van der Waals surface area (Å²) in [5.41, 5.74) is 0.602. The first-order valence-electron chi connectivity index (χ1n) is 7.10. The Labute approximate surface area is 136 Å². The maximum Gasteiger partial charge on any atom is 0.301 e. The van der Waals surface area contributed by atoms with Gasteiger partial charge in [-0.2, -0.15) is 12.7 Å². The second-order valence-corrected chi connectivity index (χ2v) is 7.54. The Morgan fingerprint density at radius 3 is 2.45 bits per heavy atom. The first-order valence-corrected chi connectivity index (χ1v) is 8.92. The zero-order valence-electron chi connectivity index (χ0n) is 12.7. The highest BCUT2D eigenvalue weighted by Gasteiger charge is 2.24. The molecule has 1 amide bonds. The standard InChI is InChI=1S/C14H20ClN3O3S/c1-17(2)14(19)11-6-7-12(15)13(10-11)16-22(20,21)18-8-4-3-5-9-18/h6-7,10,16H,3-5,8-9H2,1-2H3. The fourth-order valence-electron chi connectivity index (χ4n) is 2.30. The van der Waals surface area contributed by atoms with Crippen molar-refractivity contribution in [2.75, 3.05) is 31.9 Å². The second kappa shape index (κ2) is 6.85. The number of anilines is 1. The van der Waals surface area contributed by atoms with Crippen LogP contribution in [0.1, 0.15) is 29.6 Å². The minimum absolute atomic E-state index is 0.213. The van der Waals surface area contributed by atoms with Crippen molar-refractivity contribution in [1.82, 2.24) is 9.21 Å². The van der Waals surface area contributed by atoms with Crippen LogP contribution in [0.3, 0.4) is 0 Å². The molecule has 0 aromatic heterocycles. The number of carbonyl (C=O) groups is 1. The van der Waals surface area contributed by atoms with Gasteiger partial charge in [0.2, 0.25) is 0 Å². The lowest BCUT2D eigenvalue weighted by Gasteiger charge is -2.26. The number of carbonyl (C=O) groups excluding carboxylic acids is 1. The third kappa shape index (κ3) is 3.91. The molecule has 0 radical (unpaired) electrons. The van der Waals surface area contributed by atoms with Gasteiger partial charge in [-0.1, -0.05) is 18.0 Å². The van der Waals surface area contributed by atoms with Crippen molar-refractivity contribution < 1.29 is 13.2 Å². The Morgan fingerprint density at radius 1 is 1.23 bits per heavy atom. The van der Waals surface area contributed by atoms with Crippen LogP contribution in [0.25, 0.3) is 0 Å². The van der Waals surface area contributed by atoms with Gasteiger partial charge in [0.05, 0.1) is 10.7 Å². The van der Waals surface area contributed by atoms with Gasteiger partial charge in [0.25, 0.3) is 5.91 Å². The molecular weight excluding hydrogens is 326 g/mol. The van der Waals surface area contributed by atoms with Gasteiger partial charge in [-0.05, 0) is 31.0 Å². The van der Waals surface area contributed by atoms with E-state index in [1.807, 2.05) is 0 Å². The summed E-state index contributed by atoms with van der Waals surface area (Å²) < 4.78 is 28.7. The van der Waals surface area contributed by atoms with Crippen molar-refractivity contribution in [1.29, 1.82) is 0 Å². The number of benzene rings is 1. The van der Waals surface area contributed by atoms with Crippen LogP contribution in [0.5, 0.6) is 0 Å². The molecule has 22 heavy (non-hydrogen) atoms. The molecule has 0 atom stereocenters. The van der Waals surface area contributed by atoms with Crippen LogP contribution >= 0.6 is 11.6 Å². The van der Waals surface area contributed by atoms with E-state index in [4.69, 9.17) is 11.6 Å². The van der Waals surface area contributed by atoms with Crippen molar-refractivity contribution in [3.63, 3.8) is 0 Å². The summed E-state index contributed by atoms with van der Waals surface area (Å²) in [6.07, 6.45) is 2.75. The number of nitrogens with one attached hydrogen (secondary N) is 1. The van der Waals surface area contributed by atoms with E-state index in [1.165, 1.54) is 21.3 Å². The molecule has 1 N–H and O–H groups in total. The van der Waals surface area contributed by atoms with Crippen LogP contribution in [-0.2, 0) is 10.2 Å². The zero-order chi connectivity index (χ0) is 16.3. The first-order chi connectivity index (χ1) is 10.3. The van der Waals surface area contributed by atoms with E-state index in [-0.39, 0.29) is 16.6 Å². The van der Waals surface area contributed by atoms with E-state index >= 15 is 0 Å². The summed E-state index contributed by atoms with van der Waals surface area (Å²) in [6.45, 7) is 1.01. The number of hydrogen-bond acceptors (Lipinski definition) is 3. The average Bonchev–Trinajstić information content (AvgIpc) is 2.49. The molecule has 1 aliphatic heterocycles. The lowest BCUT2D eigenvalue weighted by molar-refractivity contribution is 0.0827. The maximum atomic E-state index is 12.4. The van der Waals surface area contributed by atoms with Crippen LogP contribution in [0.4, 0.5) is 5.69 Å². The SMILES string of the molecule is CN(C)C(=O)c1ccc(Cl)c(NS(=O)(=O)N2CCCCC2)c1. The number of halogens is 1. The molecule has 8 heteroatoms. The number of amides is 1. The fraction of sp³-hybridized carbons (Fsp3) is 0.500. The van der Waals surface area contributed by atoms with E-state index in [9.17, 15) is 13.2 Å². The maximum absolute atomic E-state index is 12.4. The molecule has 0 unspecified atom stereocenters. The molecule has 2 rings (SSSR count). The van der Waals surface area contributed by atoms with Gasteiger partial charge < -0.3 is 4.90 Å². The summed E-state index contributed by atoms with van der Waals surface area (Å²) in [5.74, 6) is -0.213. The van der Waals surface area contributed by atoms with Crippen molar-refractivity contribution in [3.8, 4) is 0 Å². The molecule has 1 aromatic rings. The first kappa shape index (κ1) is 17.1. The van der Waals surface area contributed by atoms with Gasteiger partial charge in [0, 0.05) is 32.7 Å². The summed E-state index contributed by atoms with van der Waals surface area (Å²) >= 11 is 6.06. The minimum Gasteiger partial charge on any atom is -0.345 e. The lowest BCUT2D eigenvalue weighted by atomic mass is 10.2. The van der Waals surface area contributed by atoms with E-state index in [2.05, 4.69) is 4.72 Å². The molecular formula is C14H20ClN3O3S. The van der Waals surface area contributed by atoms with Crippen molar-refractivity contribution in [2.24, 2.45) is 0 Å². The zero-order valence-corrected chi connectivity index (χ0v) is 14.2. The Hall–Kier alpha value is -1.31. The summed E-state index contributed by atoms with van der Waals surface area (Å²) in [5, 5.41) is 0.260. The molecule has 6 nitrogen and oxygen atoms in total. The number of piperidine rings is 1. The second-order valence-electron chi connectivity index (χ2n) is 5.46. The highest BCUT2D eigenvalue weighted by molar-refractivity contribution is 7.90. The molecule has 0 saturated carbocycles. The van der Waals surface area contributed by atoms with Crippen LogP contribution in [-0.4, -0.2) is 50.7 Å². The number of nitrogens with zero attached hydrogens (tertiary/aromatic N) is 2. The van der Waals surface area contributed by atoms with E-state index < -0.39 is 10.2 Å². The van der Waals surface area contributed by atoms with Crippen molar-refractivity contribution in [2.45, 2.75) is 19.3 Å². The average molecular weight is 346 g/mol. The molecule has 0 aliphatic carbocycles. The van der Waals surface area contributed by atoms with Gasteiger partial charge in [0.1, 0.15) is 0 Å². The predicted molar refractivity (Wildman–Crippen MR) is 87.4 cm³/mol. The van der Waals surface area contributed by atoms with Gasteiger partial charge in [-0.3, -0.25) is 9.52 Å². The summed E-state index contributed by atoms with van der Waals surface area (Å²) in [4.78, 5) is 13.4. The Bertz CT molecular complexity index is 655. The van der Waals surface area contributed by atoms with Crippen LogP contribution in [0, 0.1) is 0 Å². The highest BCUT2D eigenvalue weighted by atomic mass is 35.5. The molecule has 1 aromatic carbocycles. The van der Waals surface area contributed by atoms with E-state index in [1.54, 1.807) is 20.2 Å². The molecule has 1 fully saturated rings. The van der Waals surface area contributed by atoms with Gasteiger partial charge in [-0.15, -0.1) is 0 Å². The molecule has 0 bridgehead atoms. The molecule has 122 valence electrons. The summed E-state index contributed by atoms with van der Waals surface area (Å²) in [6, 6.07) is 4.56. The van der Waals surface area contributed by atoms with Crippen molar-refractivity contribution >= 4 is 33.4 Å². The predicted octanol–water partition coefficient (Wildman–Crippen LogP) is 2.18. The molecule has 1 heterocycles. The quantitative estimate of drug-likeness (QED) is 0.909. The number of hydrogen-bond donors (Lipinski definition) is 1. The lowest BCUT2D eigenvalue weighted by Crippen LogP contribution is -2.39. The van der Waals surface area contributed by atoms with Gasteiger partial charge in [0.15, 0.2) is 0 Å². The summed E-state index contributed by atoms with van der Waals surface area (Å²) in [7, 11) is -0.381. The van der Waals surface area contributed by atoms with Gasteiger partial charge in [-0.25, -0.2) is 0 Å². The Morgan fingerprint density at radius 2 is 1.86 bits per heavy atom. The smallest absolute Gasteiger partial charge is 0.301 e. The topological polar surface area (TPSA) is 69.7 Å². The molecule has 1 aliphatic rings. The highest BCUT2D eigenvalue weighted by Crippen LogP contribution is 2.26. The van der Waals surface area contributed by atoms with E-state index in [0.717, 1.165) is 19.3 Å². The third-order valence-electron chi connectivity index (χ3n) is 3.51. The van der Waals surface area contributed by atoms with Crippen LogP contribution < -0.4 is 4.72 Å². The monoisotopic (exact) mass is 345 g/mol. The Kier molecular flexibility index (Phi) is 5.31. The Balaban J connectivity index is 2.24. The minimum atomic E-state index is -3.65. The van der Waals surface area contributed by atoms with Gasteiger partial charge >= 0.3 is 10.2 Å². The molecule has 1 saturated heterocycles. The molecule has 0 spiro atoms. The normalized spacial score (nSPS) is 16.3. The fourth-order valence-corrected chi connectivity index (χ4v) is 3.84. The van der Waals surface area contributed by atoms with E-state index in [0.29, 0.717) is 18.7 Å². The van der Waals surface area contributed by atoms with Crippen LogP contribution in [0.2, 0.25) is 5.02 Å². The number of rotatable bonds is 4. The largest absolute Gasteiger partial charge is 0.345 e. The van der Waals surface area contributed by atoms with Crippen LogP contribution in [0.15, 0.2) is 18.2 Å². The third-order valence-corrected chi connectivity index (χ3v) is 5.37. The van der Waals surface area contributed by atoms with Crippen molar-refractivity contribution in [3.05, 3.63) is 28.8 Å².